The first-order valence-corrected chi connectivity index (χ1v) is 8.95. The molecule has 0 bridgehead atoms. The van der Waals surface area contributed by atoms with Crippen LogP contribution in [0.2, 0.25) is 0 Å². The fraction of sp³-hybridized carbons (Fsp3) is 0.450. The minimum Gasteiger partial charge on any atom is -0.462 e. The van der Waals surface area contributed by atoms with E-state index < -0.39 is 5.92 Å². The third-order valence-electron chi connectivity index (χ3n) is 4.71. The van der Waals surface area contributed by atoms with Crippen LogP contribution in [-0.4, -0.2) is 23.3 Å². The second kappa shape index (κ2) is 7.64. The Morgan fingerprint density at radius 2 is 2.20 bits per heavy atom. The van der Waals surface area contributed by atoms with Crippen LogP contribution in [-0.2, 0) is 14.3 Å². The predicted octanol–water partition coefficient (Wildman–Crippen LogP) is 3.39. The highest BCUT2D eigenvalue weighted by Gasteiger charge is 2.39. The van der Waals surface area contributed by atoms with E-state index in [9.17, 15) is 9.59 Å². The Morgan fingerprint density at radius 3 is 2.92 bits per heavy atom. The average molecular weight is 340 g/mol. The molecule has 0 amide bonds. The zero-order valence-corrected chi connectivity index (χ0v) is 14.8. The van der Waals surface area contributed by atoms with Gasteiger partial charge in [0.15, 0.2) is 5.78 Å². The molecule has 2 aliphatic rings. The number of esters is 1. The summed E-state index contributed by atoms with van der Waals surface area (Å²) in [5.41, 5.74) is 3.58. The van der Waals surface area contributed by atoms with E-state index >= 15 is 0 Å². The molecule has 3 rings (SSSR count). The summed E-state index contributed by atoms with van der Waals surface area (Å²) in [6.45, 7) is 4.31. The zero-order valence-electron chi connectivity index (χ0n) is 14.8. The fourth-order valence-corrected chi connectivity index (χ4v) is 3.48. The summed E-state index contributed by atoms with van der Waals surface area (Å²) >= 11 is 0. The SMILES string of the molecule is CCCCOC(=O)C1=C(C)NC2=C(C(=O)CCC2)[C@H]1c1ccccn1. The molecule has 0 unspecified atom stereocenters. The van der Waals surface area contributed by atoms with Crippen molar-refractivity contribution in [3.8, 4) is 0 Å². The molecule has 5 heteroatoms. The summed E-state index contributed by atoms with van der Waals surface area (Å²) in [6.07, 6.45) is 5.65. The molecule has 0 saturated carbocycles. The Balaban J connectivity index is 2.02. The lowest BCUT2D eigenvalue weighted by Crippen LogP contribution is -2.34. The van der Waals surface area contributed by atoms with Crippen LogP contribution in [0, 0.1) is 0 Å². The minimum atomic E-state index is -0.445. The molecule has 0 radical (unpaired) electrons. The number of Topliss-reactive ketones (excluding diaryl/α,β-unsaturated/α-hetero) is 1. The average Bonchev–Trinajstić information content (AvgIpc) is 2.61. The molecule has 25 heavy (non-hydrogen) atoms. The van der Waals surface area contributed by atoms with Gasteiger partial charge in [-0.25, -0.2) is 4.79 Å². The third kappa shape index (κ3) is 3.50. The lowest BCUT2D eigenvalue weighted by atomic mass is 9.77. The summed E-state index contributed by atoms with van der Waals surface area (Å²) in [5, 5.41) is 3.28. The highest BCUT2D eigenvalue weighted by atomic mass is 16.5. The molecule has 0 spiro atoms. The van der Waals surface area contributed by atoms with Crippen LogP contribution in [0.15, 0.2) is 46.9 Å². The molecule has 1 aromatic heterocycles. The number of hydrogen-bond acceptors (Lipinski definition) is 5. The number of allylic oxidation sites excluding steroid dienone is 3. The van der Waals surface area contributed by atoms with Gasteiger partial charge in [0.25, 0.3) is 0 Å². The molecule has 1 atom stereocenters. The number of rotatable bonds is 5. The van der Waals surface area contributed by atoms with Crippen molar-refractivity contribution in [1.82, 2.24) is 10.3 Å². The van der Waals surface area contributed by atoms with Crippen molar-refractivity contribution in [3.05, 3.63) is 52.6 Å². The normalized spacial score (nSPS) is 20.2. The zero-order chi connectivity index (χ0) is 17.8. The summed E-state index contributed by atoms with van der Waals surface area (Å²) in [4.78, 5) is 29.8. The maximum Gasteiger partial charge on any atom is 0.336 e. The van der Waals surface area contributed by atoms with Gasteiger partial charge in [-0.1, -0.05) is 19.4 Å². The van der Waals surface area contributed by atoms with Gasteiger partial charge in [0.2, 0.25) is 0 Å². The molecule has 0 fully saturated rings. The number of nitrogens with zero attached hydrogens (tertiary/aromatic N) is 1. The minimum absolute atomic E-state index is 0.0933. The molecule has 1 N–H and O–H groups in total. The number of carbonyl (C=O) groups excluding carboxylic acids is 2. The van der Waals surface area contributed by atoms with Crippen molar-refractivity contribution in [2.24, 2.45) is 0 Å². The van der Waals surface area contributed by atoms with E-state index in [1.165, 1.54) is 0 Å². The highest BCUT2D eigenvalue weighted by Crippen LogP contribution is 2.41. The standard InChI is InChI=1S/C20H24N2O3/c1-3-4-12-25-20(24)17-13(2)22-15-9-7-10-16(23)18(15)19(17)14-8-5-6-11-21-14/h5-6,8,11,19,22H,3-4,7,9-10,12H2,1-2H3/t19-/m0/s1. The second-order valence-electron chi connectivity index (χ2n) is 6.51. The predicted molar refractivity (Wildman–Crippen MR) is 94.6 cm³/mol. The topological polar surface area (TPSA) is 68.3 Å². The monoisotopic (exact) mass is 340 g/mol. The van der Waals surface area contributed by atoms with Gasteiger partial charge in [-0.05, 0) is 38.3 Å². The van der Waals surface area contributed by atoms with Crippen LogP contribution in [0.1, 0.15) is 57.6 Å². The van der Waals surface area contributed by atoms with E-state index in [1.54, 1.807) is 6.20 Å². The van der Waals surface area contributed by atoms with Gasteiger partial charge in [-0.3, -0.25) is 9.78 Å². The number of hydrogen-bond donors (Lipinski definition) is 1. The van der Waals surface area contributed by atoms with Crippen molar-refractivity contribution in [1.29, 1.82) is 0 Å². The van der Waals surface area contributed by atoms with Gasteiger partial charge in [-0.15, -0.1) is 0 Å². The summed E-state index contributed by atoms with van der Waals surface area (Å²) < 4.78 is 5.46. The first-order chi connectivity index (χ1) is 12.1. The van der Waals surface area contributed by atoms with Crippen molar-refractivity contribution in [2.45, 2.75) is 51.9 Å². The van der Waals surface area contributed by atoms with Gasteiger partial charge in [0.1, 0.15) is 0 Å². The number of dihydropyridines is 1. The van der Waals surface area contributed by atoms with Gasteiger partial charge in [0.05, 0.1) is 23.8 Å². The third-order valence-corrected chi connectivity index (χ3v) is 4.71. The van der Waals surface area contributed by atoms with Crippen LogP contribution in [0.4, 0.5) is 0 Å². The fourth-order valence-electron chi connectivity index (χ4n) is 3.48. The summed E-state index contributed by atoms with van der Waals surface area (Å²) in [7, 11) is 0. The Bertz CT molecular complexity index is 735. The molecule has 132 valence electrons. The van der Waals surface area contributed by atoms with Crippen molar-refractivity contribution in [2.75, 3.05) is 6.61 Å². The molecule has 1 aliphatic heterocycles. The molecule has 1 aliphatic carbocycles. The van der Waals surface area contributed by atoms with E-state index in [0.717, 1.165) is 37.1 Å². The largest absolute Gasteiger partial charge is 0.462 e. The van der Waals surface area contributed by atoms with Gasteiger partial charge in [-0.2, -0.15) is 0 Å². The Labute approximate surface area is 148 Å². The van der Waals surface area contributed by atoms with E-state index in [0.29, 0.717) is 29.9 Å². The number of carbonyl (C=O) groups is 2. The van der Waals surface area contributed by atoms with Crippen LogP contribution in [0.3, 0.4) is 0 Å². The number of nitrogens with one attached hydrogen (secondary N) is 1. The van der Waals surface area contributed by atoms with Crippen molar-refractivity contribution in [3.63, 3.8) is 0 Å². The number of ketones is 1. The maximum atomic E-state index is 12.8. The molecule has 5 nitrogen and oxygen atoms in total. The highest BCUT2D eigenvalue weighted by molar-refractivity contribution is 6.03. The van der Waals surface area contributed by atoms with Crippen molar-refractivity contribution >= 4 is 11.8 Å². The van der Waals surface area contributed by atoms with Gasteiger partial charge in [0, 0.05) is 29.6 Å². The van der Waals surface area contributed by atoms with Crippen LogP contribution < -0.4 is 5.32 Å². The molecule has 0 aromatic carbocycles. The van der Waals surface area contributed by atoms with Crippen LogP contribution in [0.5, 0.6) is 0 Å². The van der Waals surface area contributed by atoms with Crippen LogP contribution >= 0.6 is 0 Å². The number of pyridine rings is 1. The van der Waals surface area contributed by atoms with Crippen molar-refractivity contribution < 1.29 is 14.3 Å². The lowest BCUT2D eigenvalue weighted by Gasteiger charge is -2.33. The van der Waals surface area contributed by atoms with Gasteiger partial charge >= 0.3 is 5.97 Å². The molecule has 0 saturated heterocycles. The smallest absolute Gasteiger partial charge is 0.336 e. The molecular formula is C20H24N2O3. The van der Waals surface area contributed by atoms with Gasteiger partial charge < -0.3 is 10.1 Å². The number of aromatic nitrogens is 1. The lowest BCUT2D eigenvalue weighted by molar-refractivity contribution is -0.139. The Hall–Kier alpha value is -2.43. The van der Waals surface area contributed by atoms with E-state index in [4.69, 9.17) is 4.74 Å². The maximum absolute atomic E-state index is 12.8. The summed E-state index contributed by atoms with van der Waals surface area (Å²) in [6, 6.07) is 5.58. The Morgan fingerprint density at radius 1 is 1.36 bits per heavy atom. The second-order valence-corrected chi connectivity index (χ2v) is 6.51. The molecule has 2 heterocycles. The molecular weight excluding hydrogens is 316 g/mol. The number of ether oxygens (including phenoxy) is 1. The Kier molecular flexibility index (Phi) is 5.31. The van der Waals surface area contributed by atoms with E-state index in [-0.39, 0.29) is 11.8 Å². The first kappa shape index (κ1) is 17.4. The quantitative estimate of drug-likeness (QED) is 0.657. The van der Waals surface area contributed by atoms with E-state index in [1.807, 2.05) is 25.1 Å². The molecule has 1 aromatic rings. The first-order valence-electron chi connectivity index (χ1n) is 8.95. The van der Waals surface area contributed by atoms with Crippen LogP contribution in [0.25, 0.3) is 0 Å². The van der Waals surface area contributed by atoms with E-state index in [2.05, 4.69) is 17.2 Å². The number of unbranched alkanes of at least 4 members (excludes halogenated alkanes) is 1. The summed E-state index contributed by atoms with van der Waals surface area (Å²) in [5.74, 6) is -0.714.